The van der Waals surface area contributed by atoms with E-state index < -0.39 is 63.3 Å². The Bertz CT molecular complexity index is 711. The highest BCUT2D eigenvalue weighted by Gasteiger charge is 2.29. The van der Waals surface area contributed by atoms with E-state index in [9.17, 15) is 39.7 Å². The number of carboxylic acid groups (broad SMARTS) is 1. The van der Waals surface area contributed by atoms with Crippen LogP contribution in [0.15, 0.2) is 12.1 Å². The van der Waals surface area contributed by atoms with E-state index in [1.807, 2.05) is 0 Å². The fourth-order valence-corrected chi connectivity index (χ4v) is 1.42. The smallest absolute Gasteiger partial charge is 0.350 e. The molecule has 23 heavy (non-hydrogen) atoms. The minimum Gasteiger partial charge on any atom is -0.501 e. The van der Waals surface area contributed by atoms with Crippen molar-refractivity contribution in [2.45, 2.75) is 12.8 Å². The molecule has 0 unspecified atom stereocenters. The van der Waals surface area contributed by atoms with Crippen molar-refractivity contribution in [3.05, 3.63) is 37.9 Å². The minimum atomic E-state index is -1.58. The minimum absolute atomic E-state index is 0.429. The fourth-order valence-electron chi connectivity index (χ4n) is 1.42. The molecule has 1 aromatic carbocycles. The standard InChI is InChI=1S/C11H8N2O10/c14-8(15)1-2-9(16)23-11(18)6-3-5(12(19)20)4-7(10(6)17)13(21)22/h3-4,17H,1-2H2,(H,14,15). The van der Waals surface area contributed by atoms with Crippen molar-refractivity contribution in [3.63, 3.8) is 0 Å². The van der Waals surface area contributed by atoms with Crippen LogP contribution in [0.25, 0.3) is 0 Å². The van der Waals surface area contributed by atoms with E-state index in [-0.39, 0.29) is 0 Å². The van der Waals surface area contributed by atoms with Crippen LogP contribution in [0.3, 0.4) is 0 Å². The molecular weight excluding hydrogens is 320 g/mol. The van der Waals surface area contributed by atoms with E-state index in [4.69, 9.17) is 5.11 Å². The van der Waals surface area contributed by atoms with Gasteiger partial charge in [0.05, 0.1) is 28.8 Å². The SMILES string of the molecule is O=C(O)CCC(=O)OC(=O)c1cc([N+](=O)[O-])cc([N+](=O)[O-])c1O. The van der Waals surface area contributed by atoms with Crippen LogP contribution in [0, 0.1) is 20.2 Å². The van der Waals surface area contributed by atoms with Gasteiger partial charge in [0.1, 0.15) is 5.56 Å². The van der Waals surface area contributed by atoms with Gasteiger partial charge in [0.2, 0.25) is 5.75 Å². The molecular formula is C11H8N2O10. The Balaban J connectivity index is 3.13. The van der Waals surface area contributed by atoms with Crippen molar-refractivity contribution in [2.75, 3.05) is 0 Å². The summed E-state index contributed by atoms with van der Waals surface area (Å²) in [5, 5.41) is 39.4. The van der Waals surface area contributed by atoms with Gasteiger partial charge in [-0.2, -0.15) is 0 Å². The van der Waals surface area contributed by atoms with E-state index in [0.29, 0.717) is 12.1 Å². The maximum atomic E-state index is 11.7. The highest BCUT2D eigenvalue weighted by molar-refractivity contribution is 6.00. The summed E-state index contributed by atoms with van der Waals surface area (Å²) >= 11 is 0. The Morgan fingerprint density at radius 3 is 2.17 bits per heavy atom. The topological polar surface area (TPSA) is 187 Å². The van der Waals surface area contributed by atoms with Crippen molar-refractivity contribution in [3.8, 4) is 5.75 Å². The number of nitrogens with zero attached hydrogens (tertiary/aromatic N) is 2. The maximum absolute atomic E-state index is 11.7. The molecule has 1 rings (SSSR count). The molecule has 0 atom stereocenters. The summed E-state index contributed by atoms with van der Waals surface area (Å²) in [6.45, 7) is 0. The summed E-state index contributed by atoms with van der Waals surface area (Å²) in [7, 11) is 0. The number of carbonyl (C=O) groups excluding carboxylic acids is 2. The third kappa shape index (κ3) is 4.45. The molecule has 0 saturated heterocycles. The number of phenols is 1. The first kappa shape index (κ1) is 17.5. The monoisotopic (exact) mass is 328 g/mol. The lowest BCUT2D eigenvalue weighted by molar-refractivity contribution is -0.394. The van der Waals surface area contributed by atoms with Crippen LogP contribution in [0.5, 0.6) is 5.75 Å². The Morgan fingerprint density at radius 2 is 1.70 bits per heavy atom. The molecule has 0 bridgehead atoms. The fraction of sp³-hybridized carbons (Fsp3) is 0.182. The zero-order valence-corrected chi connectivity index (χ0v) is 11.1. The van der Waals surface area contributed by atoms with E-state index in [0.717, 1.165) is 0 Å². The molecule has 122 valence electrons. The number of aromatic hydroxyl groups is 1. The second kappa shape index (κ2) is 6.93. The van der Waals surface area contributed by atoms with Crippen molar-refractivity contribution in [1.82, 2.24) is 0 Å². The quantitative estimate of drug-likeness (QED) is 0.326. The van der Waals surface area contributed by atoms with Gasteiger partial charge < -0.3 is 14.9 Å². The number of rotatable bonds is 6. The molecule has 0 aliphatic heterocycles. The summed E-state index contributed by atoms with van der Waals surface area (Å²) in [4.78, 5) is 52.3. The lowest BCUT2D eigenvalue weighted by Gasteiger charge is -2.05. The number of hydrogen-bond acceptors (Lipinski definition) is 9. The second-order valence-electron chi connectivity index (χ2n) is 4.03. The molecule has 0 spiro atoms. The number of benzene rings is 1. The van der Waals surface area contributed by atoms with Gasteiger partial charge in [-0.1, -0.05) is 0 Å². The summed E-state index contributed by atoms with van der Waals surface area (Å²) in [6, 6.07) is 0.924. The molecule has 0 aliphatic carbocycles. The van der Waals surface area contributed by atoms with Crippen LogP contribution in [-0.2, 0) is 14.3 Å². The lowest BCUT2D eigenvalue weighted by atomic mass is 10.1. The van der Waals surface area contributed by atoms with Gasteiger partial charge >= 0.3 is 23.6 Å². The molecule has 0 radical (unpaired) electrons. The third-order valence-corrected chi connectivity index (χ3v) is 2.45. The van der Waals surface area contributed by atoms with Crippen molar-refractivity contribution in [1.29, 1.82) is 0 Å². The van der Waals surface area contributed by atoms with Gasteiger partial charge in [0, 0.05) is 6.07 Å². The number of non-ortho nitro benzene ring substituents is 1. The van der Waals surface area contributed by atoms with Gasteiger partial charge in [0.15, 0.2) is 0 Å². The van der Waals surface area contributed by atoms with Crippen LogP contribution in [-0.4, -0.2) is 38.0 Å². The number of esters is 2. The number of carbonyl (C=O) groups is 3. The summed E-state index contributed by atoms with van der Waals surface area (Å²) in [5.74, 6) is -5.39. The largest absolute Gasteiger partial charge is 0.501 e. The molecule has 2 N–H and O–H groups in total. The predicted molar refractivity (Wildman–Crippen MR) is 68.7 cm³/mol. The predicted octanol–water partition coefficient (Wildman–Crippen LogP) is 0.757. The number of nitro groups is 2. The van der Waals surface area contributed by atoms with Crippen LogP contribution < -0.4 is 0 Å². The lowest BCUT2D eigenvalue weighted by Crippen LogP contribution is -2.14. The molecule has 0 fully saturated rings. The van der Waals surface area contributed by atoms with E-state index in [1.165, 1.54) is 0 Å². The van der Waals surface area contributed by atoms with Crippen molar-refractivity contribution >= 4 is 29.3 Å². The van der Waals surface area contributed by atoms with E-state index in [2.05, 4.69) is 4.74 Å². The number of carboxylic acids is 1. The van der Waals surface area contributed by atoms with Crippen LogP contribution >= 0.6 is 0 Å². The number of ether oxygens (including phenoxy) is 1. The Labute approximate surface area is 126 Å². The first-order valence-corrected chi connectivity index (χ1v) is 5.76. The van der Waals surface area contributed by atoms with Gasteiger partial charge in [0.25, 0.3) is 5.69 Å². The van der Waals surface area contributed by atoms with Gasteiger partial charge in [-0.15, -0.1) is 0 Å². The average molecular weight is 328 g/mol. The maximum Gasteiger partial charge on any atom is 0.350 e. The molecule has 1 aromatic rings. The molecule has 0 aromatic heterocycles. The Morgan fingerprint density at radius 1 is 1.09 bits per heavy atom. The second-order valence-corrected chi connectivity index (χ2v) is 4.03. The number of aliphatic carboxylic acids is 1. The molecule has 0 amide bonds. The molecule has 12 nitrogen and oxygen atoms in total. The first-order chi connectivity index (χ1) is 10.6. The number of hydrogen-bond donors (Lipinski definition) is 2. The van der Waals surface area contributed by atoms with Crippen LogP contribution in [0.4, 0.5) is 11.4 Å². The zero-order chi connectivity index (χ0) is 17.7. The van der Waals surface area contributed by atoms with Gasteiger partial charge in [-0.25, -0.2) is 4.79 Å². The summed E-state index contributed by atoms with van der Waals surface area (Å²) < 4.78 is 4.19. The molecule has 12 heteroatoms. The first-order valence-electron chi connectivity index (χ1n) is 5.76. The number of phenolic OH excluding ortho intramolecular Hbond substituents is 1. The van der Waals surface area contributed by atoms with Crippen LogP contribution in [0.1, 0.15) is 23.2 Å². The van der Waals surface area contributed by atoms with Crippen LogP contribution in [0.2, 0.25) is 0 Å². The normalized spacial score (nSPS) is 9.91. The molecule has 0 aliphatic rings. The number of nitro benzene ring substituents is 2. The Hall–Kier alpha value is -3.57. The highest BCUT2D eigenvalue weighted by Crippen LogP contribution is 2.34. The third-order valence-electron chi connectivity index (χ3n) is 2.45. The Kier molecular flexibility index (Phi) is 5.27. The van der Waals surface area contributed by atoms with Crippen molar-refractivity contribution < 1.29 is 39.2 Å². The van der Waals surface area contributed by atoms with Crippen molar-refractivity contribution in [2.24, 2.45) is 0 Å². The van der Waals surface area contributed by atoms with E-state index in [1.54, 1.807) is 0 Å². The zero-order valence-electron chi connectivity index (χ0n) is 11.1. The van der Waals surface area contributed by atoms with Gasteiger partial charge in [-0.05, 0) is 0 Å². The summed E-state index contributed by atoms with van der Waals surface area (Å²) in [6.07, 6.45) is -1.30. The summed E-state index contributed by atoms with van der Waals surface area (Å²) in [5.41, 5.74) is -2.96. The highest BCUT2D eigenvalue weighted by atomic mass is 16.6. The molecule has 0 heterocycles. The van der Waals surface area contributed by atoms with E-state index >= 15 is 0 Å². The average Bonchev–Trinajstić information content (AvgIpc) is 2.44. The molecule has 0 saturated carbocycles. The van der Waals surface area contributed by atoms with Gasteiger partial charge in [-0.3, -0.25) is 29.8 Å².